The van der Waals surface area contributed by atoms with E-state index in [1.54, 1.807) is 11.1 Å². The van der Waals surface area contributed by atoms with Gasteiger partial charge in [-0.1, -0.05) is 30.3 Å². The fraction of sp³-hybridized carbons (Fsp3) is 0.294. The highest BCUT2D eigenvalue weighted by Crippen LogP contribution is 2.26. The van der Waals surface area contributed by atoms with Crippen molar-refractivity contribution in [2.24, 2.45) is 0 Å². The second kappa shape index (κ2) is 6.56. The summed E-state index contributed by atoms with van der Waals surface area (Å²) in [7, 11) is 0. The number of carbonyl (C=O) groups excluding carboxylic acids is 2. The van der Waals surface area contributed by atoms with E-state index >= 15 is 0 Å². The Morgan fingerprint density at radius 1 is 1.22 bits per heavy atom. The average Bonchev–Trinajstić information content (AvgIpc) is 2.77. The highest BCUT2D eigenvalue weighted by molar-refractivity contribution is 5.93. The van der Waals surface area contributed by atoms with Crippen LogP contribution in [0.1, 0.15) is 34.2 Å². The molecule has 0 spiro atoms. The predicted octanol–water partition coefficient (Wildman–Crippen LogP) is 1.49. The van der Waals surface area contributed by atoms with Crippen molar-refractivity contribution < 1.29 is 9.59 Å². The van der Waals surface area contributed by atoms with Crippen molar-refractivity contribution in [2.75, 3.05) is 13.1 Å². The van der Waals surface area contributed by atoms with Crippen molar-refractivity contribution in [1.82, 2.24) is 20.2 Å². The van der Waals surface area contributed by atoms with Crippen molar-refractivity contribution in [3.63, 3.8) is 0 Å². The van der Waals surface area contributed by atoms with Crippen LogP contribution in [0.5, 0.6) is 0 Å². The summed E-state index contributed by atoms with van der Waals surface area (Å²) in [4.78, 5) is 34.8. The van der Waals surface area contributed by atoms with Crippen molar-refractivity contribution in [1.29, 1.82) is 0 Å². The molecule has 1 aliphatic heterocycles. The molecule has 2 amide bonds. The first-order valence-electron chi connectivity index (χ1n) is 7.56. The minimum Gasteiger partial charge on any atom is -0.354 e. The minimum absolute atomic E-state index is 0.0517. The van der Waals surface area contributed by atoms with Crippen LogP contribution in [0.4, 0.5) is 0 Å². The standard InChI is InChI=1S/C17H18N4O2/c1-12-10-20-14(11-19-12)17(23)21-8-7-18-16(22)9-15(21)13-5-3-2-4-6-13/h2-6,10-11,15H,7-9H2,1H3,(H,18,22)/t15-/m1/s1. The zero-order valence-corrected chi connectivity index (χ0v) is 12.9. The van der Waals surface area contributed by atoms with Gasteiger partial charge in [0.2, 0.25) is 5.91 Å². The van der Waals surface area contributed by atoms with E-state index in [0.717, 1.165) is 11.3 Å². The highest BCUT2D eigenvalue weighted by Gasteiger charge is 2.30. The average molecular weight is 310 g/mol. The van der Waals surface area contributed by atoms with E-state index in [0.29, 0.717) is 18.8 Å². The summed E-state index contributed by atoms with van der Waals surface area (Å²) >= 11 is 0. The maximum absolute atomic E-state index is 12.8. The van der Waals surface area contributed by atoms with E-state index in [-0.39, 0.29) is 24.3 Å². The smallest absolute Gasteiger partial charge is 0.274 e. The van der Waals surface area contributed by atoms with Crippen molar-refractivity contribution in [2.45, 2.75) is 19.4 Å². The van der Waals surface area contributed by atoms with Gasteiger partial charge in [0.15, 0.2) is 0 Å². The van der Waals surface area contributed by atoms with Crippen LogP contribution in [-0.4, -0.2) is 39.8 Å². The van der Waals surface area contributed by atoms with Gasteiger partial charge in [0, 0.05) is 19.3 Å². The lowest BCUT2D eigenvalue weighted by Crippen LogP contribution is -2.37. The molecule has 3 rings (SSSR count). The third-order valence-electron chi connectivity index (χ3n) is 3.88. The quantitative estimate of drug-likeness (QED) is 0.912. The highest BCUT2D eigenvalue weighted by atomic mass is 16.2. The maximum atomic E-state index is 12.8. The van der Waals surface area contributed by atoms with Crippen LogP contribution in [0.3, 0.4) is 0 Å². The van der Waals surface area contributed by atoms with E-state index in [2.05, 4.69) is 15.3 Å². The number of nitrogens with one attached hydrogen (secondary N) is 1. The Morgan fingerprint density at radius 2 is 2.00 bits per heavy atom. The molecule has 0 aliphatic carbocycles. The van der Waals surface area contributed by atoms with Crippen LogP contribution < -0.4 is 5.32 Å². The molecule has 23 heavy (non-hydrogen) atoms. The topological polar surface area (TPSA) is 75.2 Å². The number of nitrogens with zero attached hydrogens (tertiary/aromatic N) is 3. The Morgan fingerprint density at radius 3 is 2.70 bits per heavy atom. The number of aryl methyl sites for hydroxylation is 1. The number of rotatable bonds is 2. The minimum atomic E-state index is -0.297. The molecule has 1 aromatic carbocycles. The van der Waals surface area contributed by atoms with Gasteiger partial charge in [-0.05, 0) is 12.5 Å². The lowest BCUT2D eigenvalue weighted by molar-refractivity contribution is -0.121. The Balaban J connectivity index is 1.94. The number of amides is 2. The first-order chi connectivity index (χ1) is 11.1. The van der Waals surface area contributed by atoms with Crippen LogP contribution in [-0.2, 0) is 4.79 Å². The van der Waals surface area contributed by atoms with Crippen LogP contribution in [0.15, 0.2) is 42.7 Å². The van der Waals surface area contributed by atoms with Crippen molar-refractivity contribution in [3.05, 3.63) is 59.7 Å². The summed E-state index contributed by atoms with van der Waals surface area (Å²) < 4.78 is 0. The number of aromatic nitrogens is 2. The molecule has 1 saturated heterocycles. The van der Waals surface area contributed by atoms with Gasteiger partial charge in [-0.25, -0.2) is 4.98 Å². The molecular formula is C17H18N4O2. The van der Waals surface area contributed by atoms with Crippen LogP contribution in [0, 0.1) is 6.92 Å². The zero-order valence-electron chi connectivity index (χ0n) is 12.9. The molecule has 1 atom stereocenters. The summed E-state index contributed by atoms with van der Waals surface area (Å²) in [6.45, 7) is 2.70. The summed E-state index contributed by atoms with van der Waals surface area (Å²) in [6.07, 6.45) is 3.31. The Bertz CT molecular complexity index is 700. The number of carbonyl (C=O) groups is 2. The Labute approximate surface area is 134 Å². The van der Waals surface area contributed by atoms with Gasteiger partial charge < -0.3 is 10.2 Å². The zero-order chi connectivity index (χ0) is 16.2. The van der Waals surface area contributed by atoms with E-state index < -0.39 is 0 Å². The van der Waals surface area contributed by atoms with Crippen LogP contribution >= 0.6 is 0 Å². The fourth-order valence-corrected chi connectivity index (χ4v) is 2.70. The Hall–Kier alpha value is -2.76. The second-order valence-corrected chi connectivity index (χ2v) is 5.52. The lowest BCUT2D eigenvalue weighted by Gasteiger charge is -2.29. The molecular weight excluding hydrogens is 292 g/mol. The van der Waals surface area contributed by atoms with E-state index in [9.17, 15) is 9.59 Å². The molecule has 1 fully saturated rings. The molecule has 6 heteroatoms. The number of benzene rings is 1. The van der Waals surface area contributed by atoms with Gasteiger partial charge in [0.05, 0.1) is 24.4 Å². The third-order valence-corrected chi connectivity index (χ3v) is 3.88. The van der Waals surface area contributed by atoms with Gasteiger partial charge in [-0.15, -0.1) is 0 Å². The van der Waals surface area contributed by atoms with E-state index in [4.69, 9.17) is 0 Å². The van der Waals surface area contributed by atoms with Gasteiger partial charge in [0.1, 0.15) is 5.69 Å². The molecule has 118 valence electrons. The fourth-order valence-electron chi connectivity index (χ4n) is 2.70. The summed E-state index contributed by atoms with van der Waals surface area (Å²) in [5.41, 5.74) is 2.00. The van der Waals surface area contributed by atoms with Gasteiger partial charge >= 0.3 is 0 Å². The molecule has 1 aliphatic rings. The lowest BCUT2D eigenvalue weighted by atomic mass is 10.0. The molecule has 0 saturated carbocycles. The summed E-state index contributed by atoms with van der Waals surface area (Å²) in [5, 5.41) is 2.82. The monoisotopic (exact) mass is 310 g/mol. The van der Waals surface area contributed by atoms with Crippen molar-refractivity contribution in [3.8, 4) is 0 Å². The van der Waals surface area contributed by atoms with Gasteiger partial charge in [0.25, 0.3) is 5.91 Å². The molecule has 1 aromatic heterocycles. The van der Waals surface area contributed by atoms with Gasteiger partial charge in [-0.3, -0.25) is 14.6 Å². The maximum Gasteiger partial charge on any atom is 0.274 e. The normalized spacial score (nSPS) is 18.2. The van der Waals surface area contributed by atoms with Gasteiger partial charge in [-0.2, -0.15) is 0 Å². The SMILES string of the molecule is Cc1cnc(C(=O)N2CCNC(=O)C[C@@H]2c2ccccc2)cn1. The molecule has 6 nitrogen and oxygen atoms in total. The largest absolute Gasteiger partial charge is 0.354 e. The first-order valence-corrected chi connectivity index (χ1v) is 7.56. The second-order valence-electron chi connectivity index (χ2n) is 5.52. The van der Waals surface area contributed by atoms with Crippen LogP contribution in [0.25, 0.3) is 0 Å². The molecule has 0 unspecified atom stereocenters. The van der Waals surface area contributed by atoms with E-state index in [1.165, 1.54) is 6.20 Å². The third kappa shape index (κ3) is 3.36. The molecule has 0 radical (unpaired) electrons. The summed E-state index contributed by atoms with van der Waals surface area (Å²) in [5.74, 6) is -0.257. The Kier molecular flexibility index (Phi) is 4.32. The molecule has 0 bridgehead atoms. The van der Waals surface area contributed by atoms with Crippen LogP contribution in [0.2, 0.25) is 0 Å². The number of hydrogen-bond donors (Lipinski definition) is 1. The number of hydrogen-bond acceptors (Lipinski definition) is 4. The van der Waals surface area contributed by atoms with Crippen molar-refractivity contribution >= 4 is 11.8 Å². The predicted molar refractivity (Wildman–Crippen MR) is 84.6 cm³/mol. The van der Waals surface area contributed by atoms with E-state index in [1.807, 2.05) is 37.3 Å². The molecule has 2 aromatic rings. The first kappa shape index (κ1) is 15.1. The molecule has 1 N–H and O–H groups in total. The summed E-state index contributed by atoms with van der Waals surface area (Å²) in [6, 6.07) is 9.31. The molecule has 2 heterocycles.